The predicted octanol–water partition coefficient (Wildman–Crippen LogP) is 5.87. The summed E-state index contributed by atoms with van der Waals surface area (Å²) in [6.07, 6.45) is 0.649. The second-order valence-electron chi connectivity index (χ2n) is 10.8. The van der Waals surface area contributed by atoms with Crippen molar-refractivity contribution in [1.82, 2.24) is 14.5 Å². The Hall–Kier alpha value is -5.04. The van der Waals surface area contributed by atoms with Crippen LogP contribution in [-0.4, -0.2) is 41.4 Å². The maximum absolute atomic E-state index is 13.8. The Morgan fingerprint density at radius 1 is 0.977 bits per heavy atom. The smallest absolute Gasteiger partial charge is 0.440 e. The van der Waals surface area contributed by atoms with Gasteiger partial charge >= 0.3 is 6.29 Å². The number of fused-ring (bicyclic) bond motifs is 1. The number of nitrogens with zero attached hydrogens (tertiary/aromatic N) is 3. The summed E-state index contributed by atoms with van der Waals surface area (Å²) in [5.74, 6) is 0.436. The van der Waals surface area contributed by atoms with Crippen molar-refractivity contribution in [2.75, 3.05) is 6.26 Å². The monoisotopic (exact) mass is 618 g/mol. The van der Waals surface area contributed by atoms with Gasteiger partial charge in [0.25, 0.3) is 5.91 Å². The third-order valence-corrected chi connectivity index (χ3v) is 8.59. The summed E-state index contributed by atoms with van der Waals surface area (Å²) in [4.78, 5) is 21.3. The second-order valence-corrected chi connectivity index (χ2v) is 12.8. The molecule has 44 heavy (non-hydrogen) atoms. The summed E-state index contributed by atoms with van der Waals surface area (Å²) < 4.78 is 69.5. The van der Waals surface area contributed by atoms with Crippen LogP contribution in [0.4, 0.5) is 8.78 Å². The van der Waals surface area contributed by atoms with Gasteiger partial charge in [-0.1, -0.05) is 18.2 Å². The highest BCUT2D eigenvalue weighted by molar-refractivity contribution is 7.90. The number of imidazole rings is 1. The zero-order valence-corrected chi connectivity index (χ0v) is 24.2. The standard InChI is InChI=1S/C31H24F2N4O6S/c1-16-35-23(29(34)38)15-37(16)24-10-8-19(18-4-3-5-21(12-18)44(2,39)40)13-22(24)27-28(41-30(36-27)17-6-7-17)20-9-11-25-26(14-20)43-31(32,33)42-25/h3-5,8-15,17H,6-7H2,1-2H3,(H2,34,38). The number of benzene rings is 3. The first kappa shape index (κ1) is 27.8. The number of oxazole rings is 1. The molecule has 3 aromatic carbocycles. The van der Waals surface area contributed by atoms with Crippen molar-refractivity contribution in [1.29, 1.82) is 0 Å². The first-order valence-corrected chi connectivity index (χ1v) is 15.5. The number of carbonyl (C=O) groups is 1. The molecule has 0 unspecified atom stereocenters. The number of aryl methyl sites for hydroxylation is 1. The highest BCUT2D eigenvalue weighted by Crippen LogP contribution is 2.48. The number of ether oxygens (including phenoxy) is 2. The number of halogens is 2. The molecule has 7 rings (SSSR count). The van der Waals surface area contributed by atoms with Crippen LogP contribution in [0.5, 0.6) is 11.5 Å². The maximum Gasteiger partial charge on any atom is 0.586 e. The molecule has 1 fully saturated rings. The van der Waals surface area contributed by atoms with E-state index in [0.29, 0.717) is 51.1 Å². The number of carbonyl (C=O) groups excluding carboxylic acids is 1. The van der Waals surface area contributed by atoms with E-state index in [4.69, 9.17) is 19.9 Å². The number of nitrogens with two attached hydrogens (primary N) is 1. The van der Waals surface area contributed by atoms with Gasteiger partial charge in [-0.2, -0.15) is 0 Å². The number of hydrogen-bond acceptors (Lipinski definition) is 8. The lowest BCUT2D eigenvalue weighted by Gasteiger charge is -2.14. The van der Waals surface area contributed by atoms with Gasteiger partial charge in [0, 0.05) is 29.5 Å². The van der Waals surface area contributed by atoms with E-state index in [1.54, 1.807) is 41.8 Å². The number of alkyl halides is 2. The van der Waals surface area contributed by atoms with Gasteiger partial charge in [0.15, 0.2) is 33.0 Å². The SMILES string of the molecule is Cc1nc(C(N)=O)cn1-c1ccc(-c2cccc(S(C)(=O)=O)c2)cc1-c1nc(C2CC2)oc1-c1ccc2c(c1)OC(F)(F)O2. The van der Waals surface area contributed by atoms with Gasteiger partial charge in [0.2, 0.25) is 0 Å². The molecular weight excluding hydrogens is 594 g/mol. The van der Waals surface area contributed by atoms with Crippen molar-refractivity contribution in [3.8, 4) is 50.9 Å². The molecule has 1 aliphatic carbocycles. The van der Waals surface area contributed by atoms with Gasteiger partial charge in [-0.25, -0.2) is 18.4 Å². The zero-order chi connectivity index (χ0) is 31.0. The number of rotatable bonds is 7. The highest BCUT2D eigenvalue weighted by atomic mass is 32.2. The zero-order valence-electron chi connectivity index (χ0n) is 23.4. The predicted molar refractivity (Wildman–Crippen MR) is 154 cm³/mol. The van der Waals surface area contributed by atoms with E-state index < -0.39 is 22.0 Å². The summed E-state index contributed by atoms with van der Waals surface area (Å²) in [6, 6.07) is 16.4. The van der Waals surface area contributed by atoms with E-state index in [-0.39, 0.29) is 28.0 Å². The van der Waals surface area contributed by atoms with Gasteiger partial charge < -0.3 is 24.2 Å². The first-order valence-electron chi connectivity index (χ1n) is 13.6. The van der Waals surface area contributed by atoms with Crippen LogP contribution in [-0.2, 0) is 9.84 Å². The van der Waals surface area contributed by atoms with E-state index in [0.717, 1.165) is 19.1 Å². The van der Waals surface area contributed by atoms with Crippen molar-refractivity contribution < 1.29 is 35.9 Å². The molecule has 0 bridgehead atoms. The van der Waals surface area contributed by atoms with Gasteiger partial charge in [0.1, 0.15) is 17.2 Å². The number of primary amides is 1. The molecule has 5 aromatic rings. The van der Waals surface area contributed by atoms with Crippen LogP contribution < -0.4 is 15.2 Å². The fourth-order valence-corrected chi connectivity index (χ4v) is 5.83. The van der Waals surface area contributed by atoms with Crippen LogP contribution in [0.2, 0.25) is 0 Å². The summed E-state index contributed by atoms with van der Waals surface area (Å²) in [5.41, 5.74) is 8.85. The van der Waals surface area contributed by atoms with Crippen LogP contribution >= 0.6 is 0 Å². The average molecular weight is 619 g/mol. The minimum Gasteiger partial charge on any atom is -0.440 e. The van der Waals surface area contributed by atoms with E-state index in [1.807, 2.05) is 12.1 Å². The topological polar surface area (TPSA) is 140 Å². The van der Waals surface area contributed by atoms with E-state index in [9.17, 15) is 22.0 Å². The van der Waals surface area contributed by atoms with Crippen LogP contribution in [0.3, 0.4) is 0 Å². The third-order valence-electron chi connectivity index (χ3n) is 7.48. The highest BCUT2D eigenvalue weighted by Gasteiger charge is 2.43. The van der Waals surface area contributed by atoms with Crippen molar-refractivity contribution in [2.24, 2.45) is 5.73 Å². The molecule has 224 valence electrons. The lowest BCUT2D eigenvalue weighted by Crippen LogP contribution is -2.25. The molecule has 1 saturated carbocycles. The normalized spacial score (nSPS) is 15.5. The molecule has 13 heteroatoms. The molecule has 1 aliphatic heterocycles. The van der Waals surface area contributed by atoms with Crippen molar-refractivity contribution >= 4 is 15.7 Å². The lowest BCUT2D eigenvalue weighted by molar-refractivity contribution is -0.286. The minimum atomic E-state index is -3.79. The molecule has 3 heterocycles. The molecule has 10 nitrogen and oxygen atoms in total. The fraction of sp³-hybridized carbons (Fsp3) is 0.194. The maximum atomic E-state index is 13.8. The largest absolute Gasteiger partial charge is 0.586 e. The Bertz CT molecular complexity index is 2100. The second kappa shape index (κ2) is 9.74. The Morgan fingerprint density at radius 3 is 2.41 bits per heavy atom. The van der Waals surface area contributed by atoms with Crippen LogP contribution in [0.15, 0.2) is 76.2 Å². The van der Waals surface area contributed by atoms with Crippen molar-refractivity contribution in [3.05, 3.63) is 84.3 Å². The Labute approximate surface area is 250 Å². The molecule has 2 N–H and O–H groups in total. The average Bonchev–Trinajstić information content (AvgIpc) is 3.47. The van der Waals surface area contributed by atoms with Gasteiger partial charge in [-0.15, -0.1) is 8.78 Å². The number of aromatic nitrogens is 3. The third kappa shape index (κ3) is 4.98. The van der Waals surface area contributed by atoms with Crippen molar-refractivity contribution in [3.63, 3.8) is 0 Å². The Kier molecular flexibility index (Phi) is 6.15. The molecule has 2 aliphatic rings. The summed E-state index contributed by atoms with van der Waals surface area (Å²) in [7, 11) is -3.47. The quantitative estimate of drug-likeness (QED) is 0.239. The molecule has 0 saturated heterocycles. The molecule has 0 radical (unpaired) electrons. The van der Waals surface area contributed by atoms with E-state index >= 15 is 0 Å². The molecule has 0 atom stereocenters. The molecule has 2 aromatic heterocycles. The van der Waals surface area contributed by atoms with Gasteiger partial charge in [-0.3, -0.25) is 4.79 Å². The van der Waals surface area contributed by atoms with Gasteiger partial charge in [-0.05, 0) is 73.4 Å². The minimum absolute atomic E-state index is 0.0640. The molecule has 1 amide bonds. The number of amides is 1. The fourth-order valence-electron chi connectivity index (χ4n) is 5.17. The van der Waals surface area contributed by atoms with E-state index in [1.165, 1.54) is 24.4 Å². The molecular formula is C31H24F2N4O6S. The van der Waals surface area contributed by atoms with Gasteiger partial charge in [0.05, 0.1) is 10.6 Å². The van der Waals surface area contributed by atoms with E-state index in [2.05, 4.69) is 9.72 Å². The van der Waals surface area contributed by atoms with Crippen molar-refractivity contribution in [2.45, 2.75) is 36.9 Å². The Balaban J connectivity index is 1.46. The molecule has 0 spiro atoms. The van der Waals surface area contributed by atoms with Crippen LogP contribution in [0.1, 0.15) is 41.0 Å². The number of hydrogen-bond donors (Lipinski definition) is 1. The number of sulfone groups is 1. The summed E-state index contributed by atoms with van der Waals surface area (Å²) in [5, 5.41) is 0. The summed E-state index contributed by atoms with van der Waals surface area (Å²) in [6.45, 7) is 1.72. The van der Waals surface area contributed by atoms with Crippen LogP contribution in [0.25, 0.3) is 39.4 Å². The summed E-state index contributed by atoms with van der Waals surface area (Å²) >= 11 is 0. The first-order chi connectivity index (χ1) is 20.9. The Morgan fingerprint density at radius 2 is 1.70 bits per heavy atom. The lowest BCUT2D eigenvalue weighted by atomic mass is 9.98. The van der Waals surface area contributed by atoms with Crippen LogP contribution in [0, 0.1) is 6.92 Å².